The van der Waals surface area contributed by atoms with Crippen LogP contribution in [0.1, 0.15) is 0 Å². The van der Waals surface area contributed by atoms with E-state index in [1.807, 2.05) is 30.3 Å². The molecule has 2 aromatic carbocycles. The Morgan fingerprint density at radius 3 is 2.18 bits per heavy atom. The SMILES string of the molecule is NNCCOc1ccc(-c2ccccc2)cc1. The average Bonchev–Trinajstić information content (AvgIpc) is 2.41. The van der Waals surface area contributed by atoms with E-state index in [0.717, 1.165) is 5.75 Å². The Kier molecular flexibility index (Phi) is 4.13. The van der Waals surface area contributed by atoms with E-state index in [-0.39, 0.29) is 0 Å². The zero-order valence-electron chi connectivity index (χ0n) is 9.60. The molecule has 3 N–H and O–H groups in total. The number of rotatable bonds is 5. The van der Waals surface area contributed by atoms with Gasteiger partial charge in [-0.25, -0.2) is 0 Å². The maximum absolute atomic E-state index is 5.49. The van der Waals surface area contributed by atoms with E-state index in [0.29, 0.717) is 13.2 Å². The van der Waals surface area contributed by atoms with Gasteiger partial charge in [0.1, 0.15) is 12.4 Å². The van der Waals surface area contributed by atoms with Crippen molar-refractivity contribution in [2.45, 2.75) is 0 Å². The Hall–Kier alpha value is -1.84. The maximum atomic E-state index is 5.49. The minimum Gasteiger partial charge on any atom is -0.492 e. The number of hydrogen-bond acceptors (Lipinski definition) is 3. The Balaban J connectivity index is 2.03. The third-order valence-corrected chi connectivity index (χ3v) is 2.48. The van der Waals surface area contributed by atoms with Crippen molar-refractivity contribution >= 4 is 0 Å². The fourth-order valence-corrected chi connectivity index (χ4v) is 1.60. The molecule has 0 aromatic heterocycles. The monoisotopic (exact) mass is 228 g/mol. The lowest BCUT2D eigenvalue weighted by atomic mass is 10.1. The van der Waals surface area contributed by atoms with Gasteiger partial charge in [0.05, 0.1) is 0 Å². The summed E-state index contributed by atoms with van der Waals surface area (Å²) in [5.41, 5.74) is 4.95. The van der Waals surface area contributed by atoms with Crippen molar-refractivity contribution in [1.82, 2.24) is 5.43 Å². The van der Waals surface area contributed by atoms with E-state index in [1.165, 1.54) is 11.1 Å². The van der Waals surface area contributed by atoms with Gasteiger partial charge in [-0.15, -0.1) is 0 Å². The second kappa shape index (κ2) is 6.03. The van der Waals surface area contributed by atoms with Crippen molar-refractivity contribution in [2.24, 2.45) is 5.84 Å². The lowest BCUT2D eigenvalue weighted by Gasteiger charge is -2.06. The van der Waals surface area contributed by atoms with Gasteiger partial charge < -0.3 is 4.74 Å². The molecule has 0 aliphatic rings. The molecule has 0 saturated carbocycles. The van der Waals surface area contributed by atoms with Gasteiger partial charge in [0.25, 0.3) is 0 Å². The average molecular weight is 228 g/mol. The summed E-state index contributed by atoms with van der Waals surface area (Å²) in [5.74, 6) is 6.02. The molecule has 3 heteroatoms. The quantitative estimate of drug-likeness (QED) is 0.468. The van der Waals surface area contributed by atoms with Crippen LogP contribution in [0.5, 0.6) is 5.75 Å². The van der Waals surface area contributed by atoms with Gasteiger partial charge in [-0.3, -0.25) is 11.3 Å². The number of nitrogens with two attached hydrogens (primary N) is 1. The van der Waals surface area contributed by atoms with Crippen LogP contribution in [-0.2, 0) is 0 Å². The molecular formula is C14H16N2O. The van der Waals surface area contributed by atoms with Crippen LogP contribution in [0.2, 0.25) is 0 Å². The minimum absolute atomic E-state index is 0.571. The second-order valence-electron chi connectivity index (χ2n) is 3.69. The third kappa shape index (κ3) is 3.31. The first-order valence-corrected chi connectivity index (χ1v) is 5.62. The van der Waals surface area contributed by atoms with Crippen molar-refractivity contribution in [2.75, 3.05) is 13.2 Å². The van der Waals surface area contributed by atoms with Crippen LogP contribution in [-0.4, -0.2) is 13.2 Å². The Morgan fingerprint density at radius 2 is 1.53 bits per heavy atom. The standard InChI is InChI=1S/C14H16N2O/c15-16-10-11-17-14-8-6-13(7-9-14)12-4-2-1-3-5-12/h1-9,16H,10-11,15H2. The van der Waals surface area contributed by atoms with Gasteiger partial charge in [0, 0.05) is 6.54 Å². The van der Waals surface area contributed by atoms with E-state index in [1.54, 1.807) is 0 Å². The summed E-state index contributed by atoms with van der Waals surface area (Å²) >= 11 is 0. The van der Waals surface area contributed by atoms with E-state index in [9.17, 15) is 0 Å². The van der Waals surface area contributed by atoms with Crippen LogP contribution in [0.15, 0.2) is 54.6 Å². The summed E-state index contributed by atoms with van der Waals surface area (Å²) in [7, 11) is 0. The molecule has 0 heterocycles. The van der Waals surface area contributed by atoms with Crippen molar-refractivity contribution in [1.29, 1.82) is 0 Å². The summed E-state index contributed by atoms with van der Waals surface area (Å²) in [6, 6.07) is 18.3. The molecule has 3 nitrogen and oxygen atoms in total. The molecule has 0 spiro atoms. The molecule has 2 rings (SSSR count). The number of hydrogen-bond donors (Lipinski definition) is 2. The maximum Gasteiger partial charge on any atom is 0.119 e. The summed E-state index contributed by atoms with van der Waals surface area (Å²) in [4.78, 5) is 0. The fourth-order valence-electron chi connectivity index (χ4n) is 1.60. The molecule has 0 aliphatic carbocycles. The lowest BCUT2D eigenvalue weighted by Crippen LogP contribution is -2.27. The molecule has 0 atom stereocenters. The molecule has 17 heavy (non-hydrogen) atoms. The van der Waals surface area contributed by atoms with Gasteiger partial charge in [-0.05, 0) is 23.3 Å². The third-order valence-electron chi connectivity index (χ3n) is 2.48. The van der Waals surface area contributed by atoms with Crippen molar-refractivity contribution in [3.05, 3.63) is 54.6 Å². The normalized spacial score (nSPS) is 10.2. The van der Waals surface area contributed by atoms with Crippen LogP contribution in [0, 0.1) is 0 Å². The van der Waals surface area contributed by atoms with Gasteiger partial charge >= 0.3 is 0 Å². The molecule has 0 bridgehead atoms. The Labute approximate surface area is 101 Å². The highest BCUT2D eigenvalue weighted by Crippen LogP contribution is 2.21. The highest BCUT2D eigenvalue weighted by molar-refractivity contribution is 5.63. The highest BCUT2D eigenvalue weighted by atomic mass is 16.5. The van der Waals surface area contributed by atoms with Gasteiger partial charge in [-0.2, -0.15) is 0 Å². The van der Waals surface area contributed by atoms with Gasteiger partial charge in [0.2, 0.25) is 0 Å². The van der Waals surface area contributed by atoms with Crippen molar-refractivity contribution in [3.63, 3.8) is 0 Å². The first-order valence-electron chi connectivity index (χ1n) is 5.62. The van der Waals surface area contributed by atoms with Crippen LogP contribution in [0.25, 0.3) is 11.1 Å². The molecule has 2 aromatic rings. The predicted octanol–water partition coefficient (Wildman–Crippen LogP) is 2.20. The topological polar surface area (TPSA) is 47.3 Å². The summed E-state index contributed by atoms with van der Waals surface area (Å²) < 4.78 is 5.49. The second-order valence-corrected chi connectivity index (χ2v) is 3.69. The molecule has 0 saturated heterocycles. The smallest absolute Gasteiger partial charge is 0.119 e. The molecule has 88 valence electrons. The van der Waals surface area contributed by atoms with Crippen LogP contribution in [0.4, 0.5) is 0 Å². The van der Waals surface area contributed by atoms with E-state index in [4.69, 9.17) is 10.6 Å². The van der Waals surface area contributed by atoms with Crippen molar-refractivity contribution < 1.29 is 4.74 Å². The van der Waals surface area contributed by atoms with E-state index in [2.05, 4.69) is 29.7 Å². The minimum atomic E-state index is 0.571. The number of nitrogens with one attached hydrogen (secondary N) is 1. The van der Waals surface area contributed by atoms with Gasteiger partial charge in [-0.1, -0.05) is 42.5 Å². The number of ether oxygens (including phenoxy) is 1. The summed E-state index contributed by atoms with van der Waals surface area (Å²) in [6.07, 6.45) is 0. The number of benzene rings is 2. The van der Waals surface area contributed by atoms with Crippen LogP contribution < -0.4 is 16.0 Å². The summed E-state index contributed by atoms with van der Waals surface area (Å²) in [5, 5.41) is 0. The molecule has 0 unspecified atom stereocenters. The fraction of sp³-hybridized carbons (Fsp3) is 0.143. The van der Waals surface area contributed by atoms with E-state index >= 15 is 0 Å². The van der Waals surface area contributed by atoms with Crippen molar-refractivity contribution in [3.8, 4) is 16.9 Å². The summed E-state index contributed by atoms with van der Waals surface area (Å²) in [6.45, 7) is 1.21. The Bertz CT molecular complexity index is 440. The molecule has 0 aliphatic heterocycles. The molecular weight excluding hydrogens is 212 g/mol. The zero-order chi connectivity index (χ0) is 11.9. The predicted molar refractivity (Wildman–Crippen MR) is 69.6 cm³/mol. The highest BCUT2D eigenvalue weighted by Gasteiger charge is 1.97. The van der Waals surface area contributed by atoms with E-state index < -0.39 is 0 Å². The Morgan fingerprint density at radius 1 is 0.882 bits per heavy atom. The van der Waals surface area contributed by atoms with Gasteiger partial charge in [0.15, 0.2) is 0 Å². The first kappa shape index (κ1) is 11.6. The molecule has 0 amide bonds. The first-order chi connectivity index (χ1) is 8.40. The van der Waals surface area contributed by atoms with Crippen LogP contribution >= 0.6 is 0 Å². The van der Waals surface area contributed by atoms with Crippen LogP contribution in [0.3, 0.4) is 0 Å². The lowest BCUT2D eigenvalue weighted by molar-refractivity contribution is 0.315. The zero-order valence-corrected chi connectivity index (χ0v) is 9.60. The largest absolute Gasteiger partial charge is 0.492 e. The number of hydrazine groups is 1. The molecule has 0 fully saturated rings. The molecule has 0 radical (unpaired) electrons.